The Hall–Kier alpha value is -2.04. The first kappa shape index (κ1) is 17.3. The molecule has 23 heavy (non-hydrogen) atoms. The Morgan fingerprint density at radius 3 is 1.70 bits per heavy atom. The van der Waals surface area contributed by atoms with Crippen LogP contribution >= 0.6 is 0 Å². The normalized spacial score (nSPS) is 13.0. The fraction of sp³-hybridized carbons (Fsp3) is 0.368. The molecule has 0 radical (unpaired) electrons. The van der Waals surface area contributed by atoms with Crippen molar-refractivity contribution in [1.82, 2.24) is 0 Å². The van der Waals surface area contributed by atoms with Gasteiger partial charge in [-0.15, -0.1) is 0 Å². The van der Waals surface area contributed by atoms with Crippen LogP contribution in [-0.2, 0) is 5.60 Å². The van der Waals surface area contributed by atoms with Crippen LogP contribution in [0.3, 0.4) is 0 Å². The van der Waals surface area contributed by atoms with Crippen molar-refractivity contribution in [2.24, 2.45) is 11.7 Å². The number of ether oxygens (including phenoxy) is 2. The molecule has 0 amide bonds. The van der Waals surface area contributed by atoms with Gasteiger partial charge >= 0.3 is 0 Å². The van der Waals surface area contributed by atoms with Gasteiger partial charge in [0.1, 0.15) is 17.1 Å². The molecule has 124 valence electrons. The van der Waals surface area contributed by atoms with Crippen LogP contribution in [0.4, 0.5) is 0 Å². The minimum Gasteiger partial charge on any atom is -0.497 e. The van der Waals surface area contributed by atoms with Gasteiger partial charge in [0, 0.05) is 6.04 Å². The zero-order valence-electron chi connectivity index (χ0n) is 14.1. The Labute approximate surface area is 137 Å². The highest BCUT2D eigenvalue weighted by molar-refractivity contribution is 5.44. The maximum absolute atomic E-state index is 11.6. The number of hydrogen-bond donors (Lipinski definition) is 2. The van der Waals surface area contributed by atoms with Gasteiger partial charge in [0.25, 0.3) is 0 Å². The first-order valence-electron chi connectivity index (χ1n) is 7.70. The third-order valence-electron chi connectivity index (χ3n) is 4.22. The Kier molecular flexibility index (Phi) is 5.29. The van der Waals surface area contributed by atoms with Crippen molar-refractivity contribution >= 4 is 0 Å². The Morgan fingerprint density at radius 2 is 1.35 bits per heavy atom. The summed E-state index contributed by atoms with van der Waals surface area (Å²) in [6.45, 7) is 3.99. The highest BCUT2D eigenvalue weighted by Gasteiger charge is 2.40. The second kappa shape index (κ2) is 7.02. The molecule has 0 spiro atoms. The van der Waals surface area contributed by atoms with Gasteiger partial charge < -0.3 is 20.3 Å². The molecule has 0 aromatic heterocycles. The van der Waals surface area contributed by atoms with Crippen LogP contribution in [0.25, 0.3) is 0 Å². The van der Waals surface area contributed by atoms with Crippen LogP contribution in [0.1, 0.15) is 25.0 Å². The fourth-order valence-corrected chi connectivity index (χ4v) is 2.75. The van der Waals surface area contributed by atoms with E-state index in [-0.39, 0.29) is 5.92 Å². The molecular formula is C19H25NO3. The lowest BCUT2D eigenvalue weighted by Crippen LogP contribution is -2.49. The minimum atomic E-state index is -1.34. The topological polar surface area (TPSA) is 64.7 Å². The predicted octanol–water partition coefficient (Wildman–Crippen LogP) is 2.92. The Balaban J connectivity index is 2.64. The second-order valence-corrected chi connectivity index (χ2v) is 6.00. The van der Waals surface area contributed by atoms with Crippen molar-refractivity contribution < 1.29 is 14.6 Å². The average molecular weight is 315 g/mol. The maximum Gasteiger partial charge on any atom is 0.130 e. The molecule has 3 N–H and O–H groups in total. The van der Waals surface area contributed by atoms with Crippen LogP contribution in [0.5, 0.6) is 11.5 Å². The average Bonchev–Trinajstić information content (AvgIpc) is 2.60. The number of hydrogen-bond acceptors (Lipinski definition) is 4. The van der Waals surface area contributed by atoms with Crippen molar-refractivity contribution in [3.8, 4) is 11.5 Å². The largest absolute Gasteiger partial charge is 0.497 e. The van der Waals surface area contributed by atoms with E-state index >= 15 is 0 Å². The van der Waals surface area contributed by atoms with Gasteiger partial charge in [-0.2, -0.15) is 0 Å². The summed E-state index contributed by atoms with van der Waals surface area (Å²) in [5.41, 5.74) is 6.47. The van der Waals surface area contributed by atoms with E-state index in [4.69, 9.17) is 15.2 Å². The number of rotatable bonds is 6. The molecule has 0 heterocycles. The first-order chi connectivity index (χ1) is 10.9. The molecule has 0 saturated carbocycles. The summed E-state index contributed by atoms with van der Waals surface area (Å²) in [5, 5.41) is 11.6. The summed E-state index contributed by atoms with van der Waals surface area (Å²) < 4.78 is 10.6. The predicted molar refractivity (Wildman–Crippen MR) is 91.8 cm³/mol. The Bertz CT molecular complexity index is 607. The van der Waals surface area contributed by atoms with Crippen molar-refractivity contribution in [2.45, 2.75) is 25.5 Å². The second-order valence-electron chi connectivity index (χ2n) is 6.00. The van der Waals surface area contributed by atoms with Crippen molar-refractivity contribution in [2.75, 3.05) is 14.2 Å². The minimum absolute atomic E-state index is 0.0809. The number of nitrogens with two attached hydrogens (primary N) is 1. The molecular weight excluding hydrogens is 290 g/mol. The van der Waals surface area contributed by atoms with Crippen molar-refractivity contribution in [3.05, 3.63) is 59.7 Å². The number of benzene rings is 2. The first-order valence-corrected chi connectivity index (χ1v) is 7.70. The van der Waals surface area contributed by atoms with E-state index in [2.05, 4.69) is 0 Å². The summed E-state index contributed by atoms with van der Waals surface area (Å²) in [6.07, 6.45) is 0. The lowest BCUT2D eigenvalue weighted by atomic mass is 9.76. The van der Waals surface area contributed by atoms with Crippen LogP contribution in [0.15, 0.2) is 48.5 Å². The molecule has 0 aliphatic rings. The molecule has 0 bridgehead atoms. The molecule has 0 fully saturated rings. The van der Waals surface area contributed by atoms with Gasteiger partial charge in [-0.1, -0.05) is 38.1 Å². The van der Waals surface area contributed by atoms with E-state index in [0.717, 1.165) is 0 Å². The highest BCUT2D eigenvalue weighted by Crippen LogP contribution is 2.37. The van der Waals surface area contributed by atoms with Gasteiger partial charge in [-0.25, -0.2) is 0 Å². The van der Waals surface area contributed by atoms with Gasteiger partial charge in [0.05, 0.1) is 14.2 Å². The van der Waals surface area contributed by atoms with E-state index in [1.165, 1.54) is 0 Å². The van der Waals surface area contributed by atoms with Crippen LogP contribution in [-0.4, -0.2) is 25.4 Å². The van der Waals surface area contributed by atoms with E-state index in [1.54, 1.807) is 14.2 Å². The standard InChI is InChI=1S/C19H25NO3/c1-13(2)18(20)19(21,14-7-5-9-16(11-14)22-3)15-8-6-10-17(12-15)23-4/h5-13,18,21H,20H2,1-4H3/t18-/m1/s1. The lowest BCUT2D eigenvalue weighted by Gasteiger charge is -2.37. The monoisotopic (exact) mass is 315 g/mol. The fourth-order valence-electron chi connectivity index (χ4n) is 2.75. The zero-order chi connectivity index (χ0) is 17.0. The van der Waals surface area contributed by atoms with Gasteiger partial charge in [-0.3, -0.25) is 0 Å². The van der Waals surface area contributed by atoms with E-state index in [0.29, 0.717) is 22.6 Å². The molecule has 0 aliphatic carbocycles. The highest BCUT2D eigenvalue weighted by atomic mass is 16.5. The summed E-state index contributed by atoms with van der Waals surface area (Å²) in [5.74, 6) is 1.44. The summed E-state index contributed by atoms with van der Waals surface area (Å²) in [4.78, 5) is 0. The van der Waals surface area contributed by atoms with Crippen molar-refractivity contribution in [3.63, 3.8) is 0 Å². The molecule has 0 unspecified atom stereocenters. The summed E-state index contributed by atoms with van der Waals surface area (Å²) >= 11 is 0. The third-order valence-corrected chi connectivity index (χ3v) is 4.22. The number of methoxy groups -OCH3 is 2. The van der Waals surface area contributed by atoms with Crippen LogP contribution in [0, 0.1) is 5.92 Å². The third kappa shape index (κ3) is 3.33. The SMILES string of the molecule is COc1cccc(C(O)(c2cccc(OC)c2)[C@H](N)C(C)C)c1. The quantitative estimate of drug-likeness (QED) is 0.860. The van der Waals surface area contributed by atoms with Gasteiger partial charge in [0.2, 0.25) is 0 Å². The molecule has 2 aromatic rings. The zero-order valence-corrected chi connectivity index (χ0v) is 14.1. The lowest BCUT2D eigenvalue weighted by molar-refractivity contribution is 0.0349. The van der Waals surface area contributed by atoms with Crippen LogP contribution < -0.4 is 15.2 Å². The van der Waals surface area contributed by atoms with E-state index in [1.807, 2.05) is 62.4 Å². The molecule has 1 atom stereocenters. The van der Waals surface area contributed by atoms with Crippen molar-refractivity contribution in [1.29, 1.82) is 0 Å². The molecule has 2 aromatic carbocycles. The molecule has 4 nitrogen and oxygen atoms in total. The van der Waals surface area contributed by atoms with E-state index < -0.39 is 11.6 Å². The van der Waals surface area contributed by atoms with E-state index in [9.17, 15) is 5.11 Å². The smallest absolute Gasteiger partial charge is 0.130 e. The van der Waals surface area contributed by atoms with Crippen LogP contribution in [0.2, 0.25) is 0 Å². The maximum atomic E-state index is 11.6. The molecule has 4 heteroatoms. The molecule has 0 aliphatic heterocycles. The molecule has 0 saturated heterocycles. The summed E-state index contributed by atoms with van der Waals surface area (Å²) in [6, 6.07) is 14.3. The molecule has 2 rings (SSSR count). The summed E-state index contributed by atoms with van der Waals surface area (Å²) in [7, 11) is 3.21. The van der Waals surface area contributed by atoms with Gasteiger partial charge in [0.15, 0.2) is 0 Å². The Morgan fingerprint density at radius 1 is 0.913 bits per heavy atom. The van der Waals surface area contributed by atoms with Gasteiger partial charge in [-0.05, 0) is 41.3 Å². The number of aliphatic hydroxyl groups is 1.